The van der Waals surface area contributed by atoms with E-state index in [9.17, 15) is 39.6 Å². The highest BCUT2D eigenvalue weighted by Gasteiger charge is 2.57. The van der Waals surface area contributed by atoms with Crippen molar-refractivity contribution in [2.24, 2.45) is 29.6 Å². The lowest BCUT2D eigenvalue weighted by atomic mass is 9.81. The molecule has 0 aromatic carbocycles. The van der Waals surface area contributed by atoms with Gasteiger partial charge in [0.15, 0.2) is 0 Å². The average Bonchev–Trinajstić information content (AvgIpc) is 3.48. The van der Waals surface area contributed by atoms with E-state index < -0.39 is 83.9 Å². The second kappa shape index (κ2) is 20.3. The Morgan fingerprint density at radius 3 is 2.32 bits per heavy atom. The van der Waals surface area contributed by atoms with Crippen molar-refractivity contribution >= 4 is 23.4 Å². The number of cyclic esters (lactones) is 1. The molecule has 3 fully saturated rings. The van der Waals surface area contributed by atoms with Crippen LogP contribution in [0.4, 0.5) is 0 Å². The molecular formula is C43H67NO12. The molecule has 4 aliphatic rings. The number of ketones is 2. The number of allylic oxidation sites excluding steroid dienone is 4. The first-order valence-electron chi connectivity index (χ1n) is 20.5. The van der Waals surface area contributed by atoms with Crippen molar-refractivity contribution < 1.29 is 58.6 Å². The number of ether oxygens (including phenoxy) is 4. The lowest BCUT2D eigenvalue weighted by Gasteiger charge is -2.38. The SMILES string of the molecule is C=CCC1/C=C(/C)CC(C)CC(OC)C(O)C2CC(C)C(O)(O2)C(=O)C(=O)N2CCCCC2C(=O)OC(/C(C)=C/C2CCC(O)C(OC)C2)C(C)C(O)CC1=O. The fourth-order valence-electron chi connectivity index (χ4n) is 9.20. The minimum Gasteiger partial charge on any atom is -0.456 e. The van der Waals surface area contributed by atoms with Crippen LogP contribution in [0.3, 0.4) is 0 Å². The summed E-state index contributed by atoms with van der Waals surface area (Å²) in [4.78, 5) is 57.1. The summed E-state index contributed by atoms with van der Waals surface area (Å²) in [5.41, 5.74) is 1.58. The van der Waals surface area contributed by atoms with Crippen LogP contribution in [0.5, 0.6) is 0 Å². The van der Waals surface area contributed by atoms with Crippen LogP contribution in [-0.2, 0) is 38.1 Å². The van der Waals surface area contributed by atoms with E-state index in [1.54, 1.807) is 34.0 Å². The minimum absolute atomic E-state index is 0.0115. The zero-order valence-corrected chi connectivity index (χ0v) is 34.4. The number of aliphatic hydroxyl groups is 4. The molecule has 0 radical (unpaired) electrons. The second-order valence-electron chi connectivity index (χ2n) is 17.1. The predicted octanol–water partition coefficient (Wildman–Crippen LogP) is 3.98. The first-order valence-corrected chi connectivity index (χ1v) is 20.5. The molecule has 0 spiro atoms. The van der Waals surface area contributed by atoms with Gasteiger partial charge in [-0.25, -0.2) is 4.79 Å². The third-order valence-electron chi connectivity index (χ3n) is 12.6. The Bertz CT molecular complexity index is 1460. The number of amides is 1. The highest BCUT2D eigenvalue weighted by Crippen LogP contribution is 2.39. The molecule has 3 aliphatic heterocycles. The van der Waals surface area contributed by atoms with E-state index in [1.165, 1.54) is 7.11 Å². The van der Waals surface area contributed by atoms with Gasteiger partial charge in [-0.2, -0.15) is 0 Å². The molecule has 0 aromatic heterocycles. The first-order chi connectivity index (χ1) is 26.4. The molecule has 2 saturated heterocycles. The van der Waals surface area contributed by atoms with Gasteiger partial charge in [0.25, 0.3) is 11.7 Å². The molecule has 13 nitrogen and oxygen atoms in total. The summed E-state index contributed by atoms with van der Waals surface area (Å²) >= 11 is 0. The van der Waals surface area contributed by atoms with Crippen molar-refractivity contribution in [1.82, 2.24) is 4.90 Å². The lowest BCUT2D eigenvalue weighted by molar-refractivity contribution is -0.225. The van der Waals surface area contributed by atoms with Crippen molar-refractivity contribution in [3.05, 3.63) is 36.0 Å². The van der Waals surface area contributed by atoms with Gasteiger partial charge in [-0.3, -0.25) is 14.4 Å². The number of methoxy groups -OCH3 is 2. The first kappa shape index (κ1) is 45.9. The van der Waals surface area contributed by atoms with Crippen molar-refractivity contribution in [3.63, 3.8) is 0 Å². The number of nitrogens with zero attached hydrogens (tertiary/aromatic N) is 1. The van der Waals surface area contributed by atoms with Gasteiger partial charge in [0, 0.05) is 44.9 Å². The zero-order chi connectivity index (χ0) is 41.5. The molecule has 4 N–H and O–H groups in total. The molecule has 1 aliphatic carbocycles. The normalized spacial score (nSPS) is 41.5. The molecule has 0 aromatic rings. The molecular weight excluding hydrogens is 722 g/mol. The summed E-state index contributed by atoms with van der Waals surface area (Å²) in [5, 5.41) is 45.1. The van der Waals surface area contributed by atoms with E-state index in [4.69, 9.17) is 18.9 Å². The number of hydrogen-bond acceptors (Lipinski definition) is 12. The standard InChI is InChI=1S/C43H67NO12/c1-9-12-30-18-24(2)17-25(3)19-36(54-8)38(48)37-21-27(5)43(52,56-37)40(49)41(50)44-16-11-10-13-31(44)42(51)55-39(28(6)33(46)23-34(30)47)26(4)20-29-14-15-32(45)35(22-29)53-7/h9,18,20,25,27-33,35-39,45-46,48,52H,1,10-17,19,21-23H2,2-8H3/b24-18-,26-20+. The van der Waals surface area contributed by atoms with Crippen LogP contribution in [0, 0.1) is 29.6 Å². The Morgan fingerprint density at radius 2 is 1.66 bits per heavy atom. The maximum absolute atomic E-state index is 14.2. The van der Waals surface area contributed by atoms with Gasteiger partial charge < -0.3 is 44.3 Å². The maximum atomic E-state index is 14.2. The molecule has 1 amide bonds. The van der Waals surface area contributed by atoms with Crippen LogP contribution in [0.15, 0.2) is 36.0 Å². The largest absolute Gasteiger partial charge is 0.456 e. The molecule has 4 rings (SSSR count). The van der Waals surface area contributed by atoms with Gasteiger partial charge in [-0.15, -0.1) is 6.58 Å². The number of fused-ring (bicyclic) bond motifs is 3. The van der Waals surface area contributed by atoms with Crippen LogP contribution < -0.4 is 0 Å². The van der Waals surface area contributed by atoms with Gasteiger partial charge in [-0.1, -0.05) is 44.6 Å². The summed E-state index contributed by atoms with van der Waals surface area (Å²) in [6, 6.07) is -1.16. The third kappa shape index (κ3) is 10.8. The number of aliphatic hydroxyl groups excluding tert-OH is 3. The molecule has 3 heterocycles. The van der Waals surface area contributed by atoms with E-state index in [0.29, 0.717) is 56.9 Å². The highest BCUT2D eigenvalue weighted by atomic mass is 16.7. The van der Waals surface area contributed by atoms with Crippen LogP contribution in [-0.4, -0.2) is 124 Å². The van der Waals surface area contributed by atoms with Crippen LogP contribution >= 0.6 is 0 Å². The zero-order valence-electron chi connectivity index (χ0n) is 34.4. The number of hydrogen-bond donors (Lipinski definition) is 4. The number of carbonyl (C=O) groups excluding carboxylic acids is 4. The molecule has 14 unspecified atom stereocenters. The van der Waals surface area contributed by atoms with Crippen molar-refractivity contribution in [1.29, 1.82) is 0 Å². The molecule has 13 heteroatoms. The average molecular weight is 790 g/mol. The maximum Gasteiger partial charge on any atom is 0.329 e. The van der Waals surface area contributed by atoms with E-state index >= 15 is 0 Å². The van der Waals surface area contributed by atoms with Gasteiger partial charge in [0.2, 0.25) is 5.79 Å². The number of Topliss-reactive ketones (excluding diaryl/α,β-unsaturated/α-hetero) is 2. The van der Waals surface area contributed by atoms with Crippen molar-refractivity contribution in [2.45, 2.75) is 160 Å². The Balaban J connectivity index is 1.74. The highest BCUT2D eigenvalue weighted by molar-refractivity contribution is 6.39. The van der Waals surface area contributed by atoms with Crippen LogP contribution in [0.25, 0.3) is 0 Å². The smallest absolute Gasteiger partial charge is 0.329 e. The van der Waals surface area contributed by atoms with Gasteiger partial charge in [-0.05, 0) is 95.5 Å². The third-order valence-corrected chi connectivity index (χ3v) is 12.6. The number of carbonyl (C=O) groups is 4. The Kier molecular flexibility index (Phi) is 16.6. The number of esters is 1. The quantitative estimate of drug-likeness (QED) is 0.172. The molecule has 2 bridgehead atoms. The van der Waals surface area contributed by atoms with Gasteiger partial charge >= 0.3 is 5.97 Å². The summed E-state index contributed by atoms with van der Waals surface area (Å²) in [5.74, 6) is -7.99. The van der Waals surface area contributed by atoms with Gasteiger partial charge in [0.05, 0.1) is 30.5 Å². The molecule has 56 heavy (non-hydrogen) atoms. The fraction of sp³-hybridized carbons (Fsp3) is 0.767. The summed E-state index contributed by atoms with van der Waals surface area (Å²) in [7, 11) is 3.02. The Morgan fingerprint density at radius 1 is 0.964 bits per heavy atom. The summed E-state index contributed by atoms with van der Waals surface area (Å²) < 4.78 is 23.3. The summed E-state index contributed by atoms with van der Waals surface area (Å²) in [6.45, 7) is 12.9. The molecule has 1 saturated carbocycles. The van der Waals surface area contributed by atoms with E-state index in [1.807, 2.05) is 26.0 Å². The van der Waals surface area contributed by atoms with E-state index in [-0.39, 0.29) is 49.5 Å². The van der Waals surface area contributed by atoms with Crippen LogP contribution in [0.2, 0.25) is 0 Å². The summed E-state index contributed by atoms with van der Waals surface area (Å²) in [6.07, 6.45) is 3.66. The predicted molar refractivity (Wildman–Crippen MR) is 208 cm³/mol. The fourth-order valence-corrected chi connectivity index (χ4v) is 9.20. The number of rotatable bonds is 6. The van der Waals surface area contributed by atoms with E-state index in [2.05, 4.69) is 6.58 Å². The van der Waals surface area contributed by atoms with Crippen molar-refractivity contribution in [3.8, 4) is 0 Å². The minimum atomic E-state index is -2.53. The Hall–Kier alpha value is -2.78. The lowest BCUT2D eigenvalue weighted by Crippen LogP contribution is -2.57. The van der Waals surface area contributed by atoms with Crippen LogP contribution in [0.1, 0.15) is 105 Å². The Labute approximate surface area is 332 Å². The molecule has 316 valence electrons. The molecule has 14 atom stereocenters. The topological polar surface area (TPSA) is 189 Å². The van der Waals surface area contributed by atoms with Gasteiger partial charge in [0.1, 0.15) is 24.0 Å². The second-order valence-corrected chi connectivity index (χ2v) is 17.1. The monoisotopic (exact) mass is 789 g/mol. The van der Waals surface area contributed by atoms with Crippen molar-refractivity contribution in [2.75, 3.05) is 20.8 Å². The van der Waals surface area contributed by atoms with E-state index in [0.717, 1.165) is 10.5 Å². The number of piperidine rings is 1.